The number of benzene rings is 2. The molecule has 0 heterocycles. The van der Waals surface area contributed by atoms with Gasteiger partial charge in [-0.2, -0.15) is 0 Å². The maximum atomic E-state index is 12.3. The van der Waals surface area contributed by atoms with Gasteiger partial charge in [0.2, 0.25) is 11.8 Å². The van der Waals surface area contributed by atoms with Crippen LogP contribution in [0.25, 0.3) is 0 Å². The third kappa shape index (κ3) is 6.54. The van der Waals surface area contributed by atoms with Gasteiger partial charge >= 0.3 is 0 Å². The zero-order chi connectivity index (χ0) is 20.4. The van der Waals surface area contributed by atoms with Crippen LogP contribution in [0.2, 0.25) is 0 Å². The van der Waals surface area contributed by atoms with Crippen molar-refractivity contribution in [3.8, 4) is 0 Å². The Hall–Kier alpha value is -3.15. The Balaban J connectivity index is 1.75. The lowest BCUT2D eigenvalue weighted by atomic mass is 10.1. The molecule has 0 spiro atoms. The summed E-state index contributed by atoms with van der Waals surface area (Å²) in [5, 5.41) is 5.52. The molecule has 2 rings (SSSR count). The molecule has 0 radical (unpaired) electrons. The fourth-order valence-electron chi connectivity index (χ4n) is 2.77. The van der Waals surface area contributed by atoms with Crippen molar-refractivity contribution in [1.82, 2.24) is 10.2 Å². The second-order valence-corrected chi connectivity index (χ2v) is 6.37. The number of rotatable bonds is 9. The highest BCUT2D eigenvalue weighted by Gasteiger charge is 2.12. The van der Waals surface area contributed by atoms with E-state index >= 15 is 0 Å². The standard InChI is InChI=1S/C22H27N3O3/c1-3-25(4-2)22(28)18-10-12-19(13-11-18)24-20(26)14-15-23-21(27)16-17-8-6-5-7-9-17/h5-13H,3-4,14-16H2,1-2H3,(H,23,27)(H,24,26). The number of hydrogen-bond donors (Lipinski definition) is 2. The molecular formula is C22H27N3O3. The monoisotopic (exact) mass is 381 g/mol. The number of amides is 3. The molecule has 2 aromatic carbocycles. The van der Waals surface area contributed by atoms with Gasteiger partial charge in [-0.3, -0.25) is 14.4 Å². The molecule has 148 valence electrons. The lowest BCUT2D eigenvalue weighted by Crippen LogP contribution is -2.30. The molecule has 0 saturated carbocycles. The van der Waals surface area contributed by atoms with Crippen LogP contribution in [0.1, 0.15) is 36.2 Å². The fraction of sp³-hybridized carbons (Fsp3) is 0.318. The van der Waals surface area contributed by atoms with Crippen LogP contribution in [0.4, 0.5) is 5.69 Å². The van der Waals surface area contributed by atoms with Crippen LogP contribution in [-0.2, 0) is 16.0 Å². The molecule has 2 N–H and O–H groups in total. The first-order valence-corrected chi connectivity index (χ1v) is 9.53. The topological polar surface area (TPSA) is 78.5 Å². The molecule has 0 saturated heterocycles. The Bertz CT molecular complexity index is 784. The summed E-state index contributed by atoms with van der Waals surface area (Å²) in [6, 6.07) is 16.3. The van der Waals surface area contributed by atoms with Crippen LogP contribution in [-0.4, -0.2) is 42.3 Å². The van der Waals surface area contributed by atoms with Gasteiger partial charge in [-0.25, -0.2) is 0 Å². The largest absolute Gasteiger partial charge is 0.355 e. The molecular weight excluding hydrogens is 354 g/mol. The average Bonchev–Trinajstić information content (AvgIpc) is 2.70. The summed E-state index contributed by atoms with van der Waals surface area (Å²) in [4.78, 5) is 37.9. The smallest absolute Gasteiger partial charge is 0.253 e. The second-order valence-electron chi connectivity index (χ2n) is 6.37. The second kappa shape index (κ2) is 10.9. The SMILES string of the molecule is CCN(CC)C(=O)c1ccc(NC(=O)CCNC(=O)Cc2ccccc2)cc1. The van der Waals surface area contributed by atoms with E-state index in [1.807, 2.05) is 44.2 Å². The van der Waals surface area contributed by atoms with Crippen molar-refractivity contribution in [2.75, 3.05) is 25.0 Å². The summed E-state index contributed by atoms with van der Waals surface area (Å²) in [7, 11) is 0. The third-order valence-corrected chi connectivity index (χ3v) is 4.35. The van der Waals surface area contributed by atoms with Gasteiger partial charge in [-0.15, -0.1) is 0 Å². The highest BCUT2D eigenvalue weighted by molar-refractivity contribution is 5.96. The third-order valence-electron chi connectivity index (χ3n) is 4.35. The number of nitrogens with one attached hydrogen (secondary N) is 2. The van der Waals surface area contributed by atoms with Crippen molar-refractivity contribution in [1.29, 1.82) is 0 Å². The van der Waals surface area contributed by atoms with Crippen LogP contribution in [0.3, 0.4) is 0 Å². The van der Waals surface area contributed by atoms with Gasteiger partial charge in [0.1, 0.15) is 0 Å². The summed E-state index contributed by atoms with van der Waals surface area (Å²) in [6.07, 6.45) is 0.477. The Labute approximate surface area is 165 Å². The molecule has 0 fully saturated rings. The molecule has 0 aromatic heterocycles. The molecule has 2 aromatic rings. The van der Waals surface area contributed by atoms with Crippen molar-refractivity contribution in [3.63, 3.8) is 0 Å². The molecule has 0 bridgehead atoms. The predicted molar refractivity (Wildman–Crippen MR) is 110 cm³/mol. The van der Waals surface area contributed by atoms with Gasteiger partial charge in [0, 0.05) is 37.3 Å². The zero-order valence-electron chi connectivity index (χ0n) is 16.4. The Morgan fingerprint density at radius 3 is 2.11 bits per heavy atom. The minimum absolute atomic E-state index is 0.0241. The summed E-state index contributed by atoms with van der Waals surface area (Å²) >= 11 is 0. The minimum atomic E-state index is -0.192. The normalized spacial score (nSPS) is 10.2. The Morgan fingerprint density at radius 2 is 1.50 bits per heavy atom. The van der Waals surface area contributed by atoms with Crippen LogP contribution in [0.15, 0.2) is 54.6 Å². The van der Waals surface area contributed by atoms with Crippen molar-refractivity contribution in [2.24, 2.45) is 0 Å². The van der Waals surface area contributed by atoms with Crippen molar-refractivity contribution in [2.45, 2.75) is 26.7 Å². The van der Waals surface area contributed by atoms with Crippen LogP contribution in [0, 0.1) is 0 Å². The number of nitrogens with zero attached hydrogens (tertiary/aromatic N) is 1. The van der Waals surface area contributed by atoms with E-state index in [-0.39, 0.29) is 30.7 Å². The summed E-state index contributed by atoms with van der Waals surface area (Å²) in [5.74, 6) is -0.329. The van der Waals surface area contributed by atoms with Crippen LogP contribution < -0.4 is 10.6 Å². The van der Waals surface area contributed by atoms with Crippen molar-refractivity contribution >= 4 is 23.4 Å². The van der Waals surface area contributed by atoms with E-state index < -0.39 is 0 Å². The van der Waals surface area contributed by atoms with Gasteiger partial charge in [-0.1, -0.05) is 30.3 Å². The summed E-state index contributed by atoms with van der Waals surface area (Å²) in [5.41, 5.74) is 2.15. The first kappa shape index (κ1) is 21.2. The zero-order valence-corrected chi connectivity index (χ0v) is 16.4. The van der Waals surface area contributed by atoms with E-state index in [4.69, 9.17) is 0 Å². The average molecular weight is 381 g/mol. The van der Waals surface area contributed by atoms with Crippen molar-refractivity contribution in [3.05, 3.63) is 65.7 Å². The van der Waals surface area contributed by atoms with Crippen LogP contribution >= 0.6 is 0 Å². The van der Waals surface area contributed by atoms with Gasteiger partial charge in [0.15, 0.2) is 0 Å². The molecule has 6 nitrogen and oxygen atoms in total. The molecule has 0 aliphatic carbocycles. The lowest BCUT2D eigenvalue weighted by Gasteiger charge is -2.18. The minimum Gasteiger partial charge on any atom is -0.355 e. The van der Waals surface area contributed by atoms with Crippen molar-refractivity contribution < 1.29 is 14.4 Å². The fourth-order valence-corrected chi connectivity index (χ4v) is 2.77. The molecule has 0 unspecified atom stereocenters. The molecule has 28 heavy (non-hydrogen) atoms. The highest BCUT2D eigenvalue weighted by Crippen LogP contribution is 2.12. The summed E-state index contributed by atoms with van der Waals surface area (Å²) < 4.78 is 0. The van der Waals surface area contributed by atoms with Crippen LogP contribution in [0.5, 0.6) is 0 Å². The summed E-state index contributed by atoms with van der Waals surface area (Å²) in [6.45, 7) is 5.47. The number of carbonyl (C=O) groups excluding carboxylic acids is 3. The van der Waals surface area contributed by atoms with E-state index in [2.05, 4.69) is 10.6 Å². The van der Waals surface area contributed by atoms with Gasteiger partial charge < -0.3 is 15.5 Å². The lowest BCUT2D eigenvalue weighted by molar-refractivity contribution is -0.120. The molecule has 0 atom stereocenters. The van der Waals surface area contributed by atoms with Gasteiger partial charge in [-0.05, 0) is 43.7 Å². The maximum absolute atomic E-state index is 12.3. The first-order valence-electron chi connectivity index (χ1n) is 9.53. The van der Waals surface area contributed by atoms with Gasteiger partial charge in [0.05, 0.1) is 6.42 Å². The molecule has 3 amide bonds. The van der Waals surface area contributed by atoms with Gasteiger partial charge in [0.25, 0.3) is 5.91 Å². The van der Waals surface area contributed by atoms with E-state index in [1.165, 1.54) is 0 Å². The number of anilines is 1. The predicted octanol–water partition coefficient (Wildman–Crippen LogP) is 2.86. The van der Waals surface area contributed by atoms with E-state index in [1.54, 1.807) is 29.2 Å². The van der Waals surface area contributed by atoms with E-state index in [0.717, 1.165) is 5.56 Å². The quantitative estimate of drug-likeness (QED) is 0.701. The molecule has 6 heteroatoms. The van der Waals surface area contributed by atoms with E-state index in [0.29, 0.717) is 30.8 Å². The number of hydrogen-bond acceptors (Lipinski definition) is 3. The van der Waals surface area contributed by atoms with E-state index in [9.17, 15) is 14.4 Å². The first-order chi connectivity index (χ1) is 13.5. The highest BCUT2D eigenvalue weighted by atomic mass is 16.2. The molecule has 0 aliphatic rings. The maximum Gasteiger partial charge on any atom is 0.253 e. The molecule has 0 aliphatic heterocycles. The Kier molecular flexibility index (Phi) is 8.21. The number of carbonyl (C=O) groups is 3. The Morgan fingerprint density at radius 1 is 0.857 bits per heavy atom.